The molecule has 0 aromatic carbocycles. The fourth-order valence-electron chi connectivity index (χ4n) is 4.74. The van der Waals surface area contributed by atoms with E-state index >= 15 is 0 Å². The van der Waals surface area contributed by atoms with Crippen molar-refractivity contribution in [3.63, 3.8) is 0 Å². The molecule has 4 heterocycles. The van der Waals surface area contributed by atoms with Crippen molar-refractivity contribution in [1.29, 1.82) is 0 Å². The van der Waals surface area contributed by atoms with Crippen LogP contribution in [0.15, 0.2) is 24.4 Å². The zero-order valence-corrected chi connectivity index (χ0v) is 18.5. The Labute approximate surface area is 195 Å². The fourth-order valence-corrected chi connectivity index (χ4v) is 4.74. The van der Waals surface area contributed by atoms with Crippen molar-refractivity contribution >= 4 is 29.2 Å². The lowest BCUT2D eigenvalue weighted by molar-refractivity contribution is -0.117. The van der Waals surface area contributed by atoms with E-state index in [1.54, 1.807) is 4.90 Å². The van der Waals surface area contributed by atoms with Crippen LogP contribution in [0.25, 0.3) is 0 Å². The van der Waals surface area contributed by atoms with Gasteiger partial charge in [-0.15, -0.1) is 0 Å². The lowest BCUT2D eigenvalue weighted by atomic mass is 10.2. The molecule has 0 spiro atoms. The average Bonchev–Trinajstić information content (AvgIpc) is 3.20. The number of carbonyl (C=O) groups excluding carboxylic acids is 1. The van der Waals surface area contributed by atoms with Gasteiger partial charge in [0.2, 0.25) is 17.8 Å². The summed E-state index contributed by atoms with van der Waals surface area (Å²) in [6.07, 6.45) is 5.88. The molecular formula is C23H25FN8O2. The molecule has 4 N–H and O–H groups in total. The van der Waals surface area contributed by atoms with E-state index in [0.29, 0.717) is 29.2 Å². The Morgan fingerprint density at radius 2 is 2.12 bits per heavy atom. The van der Waals surface area contributed by atoms with Crippen LogP contribution in [0.4, 0.5) is 27.7 Å². The van der Waals surface area contributed by atoms with E-state index in [-0.39, 0.29) is 18.9 Å². The van der Waals surface area contributed by atoms with Crippen LogP contribution in [-0.4, -0.2) is 54.9 Å². The minimum atomic E-state index is -0.692. The van der Waals surface area contributed by atoms with Crippen LogP contribution in [0.2, 0.25) is 0 Å². The number of carbonyl (C=O) groups is 1. The molecule has 3 aliphatic rings. The number of hydrogen-bond donors (Lipinski definition) is 4. The number of nitrogens with zero attached hydrogens (tertiary/aromatic N) is 5. The molecule has 0 bridgehead atoms. The Morgan fingerprint density at radius 3 is 2.91 bits per heavy atom. The highest BCUT2D eigenvalue weighted by molar-refractivity contribution is 5.97. The van der Waals surface area contributed by atoms with Gasteiger partial charge in [0.1, 0.15) is 11.9 Å². The lowest BCUT2D eigenvalue weighted by Gasteiger charge is -2.25. The number of aromatic nitrogens is 5. The third-order valence-electron chi connectivity index (χ3n) is 6.62. The maximum absolute atomic E-state index is 13.1. The van der Waals surface area contributed by atoms with Crippen molar-refractivity contribution in [2.45, 2.75) is 56.6 Å². The maximum atomic E-state index is 13.1. The first-order valence-electron chi connectivity index (χ1n) is 11.6. The summed E-state index contributed by atoms with van der Waals surface area (Å²) >= 11 is 0. The third kappa shape index (κ3) is 4.07. The number of amides is 1. The molecule has 1 amide bonds. The number of aryl methyl sites for hydroxylation is 1. The van der Waals surface area contributed by atoms with Gasteiger partial charge in [-0.3, -0.25) is 9.89 Å². The standard InChI is InChI=1S/C23H25FN8O2/c24-19-7-6-13(10-25-19)26-22(34)18-8-14(33)11-32(18)23-27-16-3-1-2-15(16)21(29-23)28-20-9-17(30-31-20)12-4-5-12/h6-7,9-10,12,14,18,33H,1-5,8,11H2,(H,26,34)(H2,27,28,29,30,31)/t14-,18-/m0/s1. The van der Waals surface area contributed by atoms with Gasteiger partial charge in [-0.2, -0.15) is 14.5 Å². The Hall–Kier alpha value is -3.60. The number of pyridine rings is 1. The summed E-state index contributed by atoms with van der Waals surface area (Å²) in [6.45, 7) is 0.242. The largest absolute Gasteiger partial charge is 0.391 e. The number of aliphatic hydroxyl groups is 1. The highest BCUT2D eigenvalue weighted by Gasteiger charge is 2.38. The van der Waals surface area contributed by atoms with E-state index in [1.165, 1.54) is 31.2 Å². The lowest BCUT2D eigenvalue weighted by Crippen LogP contribution is -2.40. The molecule has 176 valence electrons. The fraction of sp³-hybridized carbons (Fsp3) is 0.435. The molecule has 2 aliphatic carbocycles. The first-order chi connectivity index (χ1) is 16.5. The number of nitrogens with one attached hydrogen (secondary N) is 3. The average molecular weight is 465 g/mol. The first kappa shape index (κ1) is 21.0. The predicted octanol–water partition coefficient (Wildman–Crippen LogP) is 2.42. The molecule has 0 radical (unpaired) electrons. The van der Waals surface area contributed by atoms with Gasteiger partial charge in [0.05, 0.1) is 23.7 Å². The van der Waals surface area contributed by atoms with Crippen molar-refractivity contribution in [3.8, 4) is 0 Å². The molecule has 10 nitrogen and oxygen atoms in total. The number of aromatic amines is 1. The molecule has 1 aliphatic heterocycles. The molecule has 0 unspecified atom stereocenters. The van der Waals surface area contributed by atoms with Gasteiger partial charge in [0.15, 0.2) is 5.82 Å². The van der Waals surface area contributed by atoms with Gasteiger partial charge in [0, 0.05) is 36.2 Å². The van der Waals surface area contributed by atoms with Gasteiger partial charge in [-0.25, -0.2) is 9.97 Å². The Bertz CT molecular complexity index is 1230. The molecule has 2 fully saturated rings. The summed E-state index contributed by atoms with van der Waals surface area (Å²) < 4.78 is 13.1. The Kier molecular flexibility index (Phi) is 5.13. The van der Waals surface area contributed by atoms with Crippen molar-refractivity contribution < 1.29 is 14.3 Å². The second-order valence-corrected chi connectivity index (χ2v) is 9.18. The number of β-amino-alcohol motifs (C(OH)–C–C–N with tert-alkyl or cyclic N) is 1. The number of hydrogen-bond acceptors (Lipinski definition) is 8. The molecule has 3 aromatic rings. The van der Waals surface area contributed by atoms with Crippen molar-refractivity contribution in [2.24, 2.45) is 0 Å². The van der Waals surface area contributed by atoms with Gasteiger partial charge < -0.3 is 20.6 Å². The Morgan fingerprint density at radius 1 is 1.24 bits per heavy atom. The minimum absolute atomic E-state index is 0.242. The monoisotopic (exact) mass is 464 g/mol. The summed E-state index contributed by atoms with van der Waals surface area (Å²) in [5.74, 6) is 1.41. The van der Waals surface area contributed by atoms with E-state index in [0.717, 1.165) is 36.2 Å². The van der Waals surface area contributed by atoms with Crippen LogP contribution in [0.3, 0.4) is 0 Å². The van der Waals surface area contributed by atoms with E-state index in [9.17, 15) is 14.3 Å². The van der Waals surface area contributed by atoms with E-state index in [4.69, 9.17) is 9.97 Å². The first-order valence-corrected chi connectivity index (χ1v) is 11.6. The number of H-pyrrole nitrogens is 1. The van der Waals surface area contributed by atoms with Crippen molar-refractivity contribution in [3.05, 3.63) is 47.3 Å². The number of rotatable bonds is 6. The molecule has 1 saturated carbocycles. The van der Waals surface area contributed by atoms with Gasteiger partial charge in [0.25, 0.3) is 0 Å². The SMILES string of the molecule is O=C(Nc1ccc(F)nc1)[C@@H]1C[C@H](O)CN1c1nc2c(c(Nc3cc(C4CC4)[nH]n3)n1)CCC2. The maximum Gasteiger partial charge on any atom is 0.247 e. The molecular weight excluding hydrogens is 439 g/mol. The molecule has 1 saturated heterocycles. The van der Waals surface area contributed by atoms with Crippen LogP contribution in [-0.2, 0) is 17.6 Å². The van der Waals surface area contributed by atoms with Gasteiger partial charge in [-0.1, -0.05) is 0 Å². The number of aliphatic hydroxyl groups excluding tert-OH is 1. The summed E-state index contributed by atoms with van der Waals surface area (Å²) in [6, 6.07) is 3.98. The third-order valence-corrected chi connectivity index (χ3v) is 6.62. The van der Waals surface area contributed by atoms with E-state index < -0.39 is 18.1 Å². The molecule has 34 heavy (non-hydrogen) atoms. The van der Waals surface area contributed by atoms with Crippen LogP contribution < -0.4 is 15.5 Å². The number of fused-ring (bicyclic) bond motifs is 1. The summed E-state index contributed by atoms with van der Waals surface area (Å²) in [4.78, 5) is 27.9. The summed E-state index contributed by atoms with van der Waals surface area (Å²) in [7, 11) is 0. The number of anilines is 4. The molecule has 11 heteroatoms. The second-order valence-electron chi connectivity index (χ2n) is 9.18. The molecule has 6 rings (SSSR count). The van der Waals surface area contributed by atoms with E-state index in [2.05, 4.69) is 25.8 Å². The quantitative estimate of drug-likeness (QED) is 0.409. The highest BCUT2D eigenvalue weighted by Crippen LogP contribution is 2.40. The summed E-state index contributed by atoms with van der Waals surface area (Å²) in [5.41, 5.74) is 3.53. The van der Waals surface area contributed by atoms with Crippen molar-refractivity contribution in [1.82, 2.24) is 25.1 Å². The molecule has 3 aromatic heterocycles. The van der Waals surface area contributed by atoms with Gasteiger partial charge >= 0.3 is 0 Å². The minimum Gasteiger partial charge on any atom is -0.391 e. The van der Waals surface area contributed by atoms with Crippen LogP contribution in [0.1, 0.15) is 48.6 Å². The number of halogens is 1. The normalized spacial score (nSPS) is 21.5. The molecule has 2 atom stereocenters. The zero-order valence-electron chi connectivity index (χ0n) is 18.5. The van der Waals surface area contributed by atoms with Gasteiger partial charge in [-0.05, 0) is 44.2 Å². The zero-order chi connectivity index (χ0) is 23.2. The predicted molar refractivity (Wildman–Crippen MR) is 122 cm³/mol. The Balaban J connectivity index is 1.27. The van der Waals surface area contributed by atoms with Crippen LogP contribution in [0.5, 0.6) is 0 Å². The van der Waals surface area contributed by atoms with Crippen LogP contribution >= 0.6 is 0 Å². The highest BCUT2D eigenvalue weighted by atomic mass is 19.1. The summed E-state index contributed by atoms with van der Waals surface area (Å²) in [5, 5.41) is 24.0. The van der Waals surface area contributed by atoms with Crippen LogP contribution in [0, 0.1) is 5.95 Å². The van der Waals surface area contributed by atoms with Crippen molar-refractivity contribution in [2.75, 3.05) is 22.1 Å². The smallest absolute Gasteiger partial charge is 0.247 e. The second kappa shape index (κ2) is 8.32. The van der Waals surface area contributed by atoms with E-state index in [1.807, 2.05) is 6.07 Å². The topological polar surface area (TPSA) is 132 Å².